The Bertz CT molecular complexity index is 573. The first-order chi connectivity index (χ1) is 11.5. The Morgan fingerprint density at radius 1 is 1.33 bits per heavy atom. The molecule has 1 aromatic heterocycles. The lowest BCUT2D eigenvalue weighted by molar-refractivity contribution is -0.154. The zero-order valence-corrected chi connectivity index (χ0v) is 14.9. The highest BCUT2D eigenvalue weighted by Crippen LogP contribution is 2.23. The van der Waals surface area contributed by atoms with Gasteiger partial charge < -0.3 is 15.4 Å². The summed E-state index contributed by atoms with van der Waals surface area (Å²) in [4.78, 5) is 36.2. The van der Waals surface area contributed by atoms with Gasteiger partial charge in [-0.15, -0.1) is 11.3 Å². The van der Waals surface area contributed by atoms with Crippen molar-refractivity contribution >= 4 is 29.1 Å². The van der Waals surface area contributed by atoms with Crippen LogP contribution in [0.4, 0.5) is 0 Å². The van der Waals surface area contributed by atoms with E-state index in [1.165, 1.54) is 17.8 Å². The van der Waals surface area contributed by atoms with Crippen molar-refractivity contribution in [1.82, 2.24) is 10.6 Å². The Kier molecular flexibility index (Phi) is 6.78. The second-order valence-electron chi connectivity index (χ2n) is 6.17. The fourth-order valence-corrected chi connectivity index (χ4v) is 3.41. The molecule has 0 bridgehead atoms. The molecule has 2 amide bonds. The average molecular weight is 352 g/mol. The molecule has 132 valence electrons. The van der Waals surface area contributed by atoms with Crippen molar-refractivity contribution in [3.05, 3.63) is 22.4 Å². The van der Waals surface area contributed by atoms with Crippen LogP contribution in [0.1, 0.15) is 49.2 Å². The number of amides is 2. The minimum Gasteiger partial charge on any atom is -0.451 e. The molecule has 1 aliphatic rings. The summed E-state index contributed by atoms with van der Waals surface area (Å²) in [5, 5.41) is 7.23. The summed E-state index contributed by atoms with van der Waals surface area (Å²) >= 11 is 1.29. The topological polar surface area (TPSA) is 84.5 Å². The van der Waals surface area contributed by atoms with Crippen molar-refractivity contribution in [1.29, 1.82) is 0 Å². The second kappa shape index (κ2) is 8.82. The van der Waals surface area contributed by atoms with E-state index in [-0.39, 0.29) is 24.4 Å². The Hall–Kier alpha value is -1.89. The van der Waals surface area contributed by atoms with Crippen molar-refractivity contribution in [2.75, 3.05) is 6.54 Å². The first-order valence-corrected chi connectivity index (χ1v) is 9.17. The summed E-state index contributed by atoms with van der Waals surface area (Å²) in [6.07, 6.45) is 3.50. The van der Waals surface area contributed by atoms with Gasteiger partial charge in [0.1, 0.15) is 6.54 Å². The van der Waals surface area contributed by atoms with Crippen LogP contribution in [0.3, 0.4) is 0 Å². The van der Waals surface area contributed by atoms with E-state index >= 15 is 0 Å². The molecule has 6 nitrogen and oxygen atoms in total. The fraction of sp³-hybridized carbons (Fsp3) is 0.588. The lowest BCUT2D eigenvalue weighted by Gasteiger charge is -2.30. The van der Waals surface area contributed by atoms with E-state index in [0.717, 1.165) is 19.3 Å². The Morgan fingerprint density at radius 2 is 2.08 bits per heavy atom. The van der Waals surface area contributed by atoms with Gasteiger partial charge in [0.15, 0.2) is 6.10 Å². The van der Waals surface area contributed by atoms with Gasteiger partial charge in [-0.05, 0) is 37.1 Å². The third-order valence-electron chi connectivity index (χ3n) is 4.25. The van der Waals surface area contributed by atoms with Gasteiger partial charge in [-0.25, -0.2) is 0 Å². The Balaban J connectivity index is 1.72. The first kappa shape index (κ1) is 18.4. The Labute approximate surface area is 146 Å². The lowest BCUT2D eigenvalue weighted by Crippen LogP contribution is -2.46. The SMILES string of the molecule is C[C@@H]1CCCC[C@H]1NC(=O)[C@@H](C)OC(=O)CNC(=O)c1cccs1. The minimum absolute atomic E-state index is 0.144. The molecular weight excluding hydrogens is 328 g/mol. The summed E-state index contributed by atoms with van der Waals surface area (Å²) in [5.41, 5.74) is 0. The number of hydrogen-bond donors (Lipinski definition) is 2. The van der Waals surface area contributed by atoms with Crippen molar-refractivity contribution in [2.24, 2.45) is 5.92 Å². The number of thiophene rings is 1. The third kappa shape index (κ3) is 5.33. The van der Waals surface area contributed by atoms with Gasteiger partial charge in [-0.2, -0.15) is 0 Å². The molecule has 2 rings (SSSR count). The van der Waals surface area contributed by atoms with Crippen LogP contribution in [0, 0.1) is 5.92 Å². The molecular formula is C17H24N2O4S. The van der Waals surface area contributed by atoms with Gasteiger partial charge in [-0.1, -0.05) is 25.8 Å². The van der Waals surface area contributed by atoms with Crippen molar-refractivity contribution in [3.63, 3.8) is 0 Å². The number of rotatable bonds is 6. The molecule has 1 aliphatic carbocycles. The number of ether oxygens (including phenoxy) is 1. The predicted octanol–water partition coefficient (Wildman–Crippen LogP) is 2.10. The highest BCUT2D eigenvalue weighted by molar-refractivity contribution is 7.12. The maximum Gasteiger partial charge on any atom is 0.326 e. The molecule has 7 heteroatoms. The van der Waals surface area contributed by atoms with Gasteiger partial charge in [0, 0.05) is 6.04 Å². The molecule has 1 heterocycles. The molecule has 1 aromatic rings. The molecule has 24 heavy (non-hydrogen) atoms. The van der Waals surface area contributed by atoms with Crippen LogP contribution in [-0.4, -0.2) is 36.5 Å². The van der Waals surface area contributed by atoms with Gasteiger partial charge in [0.25, 0.3) is 11.8 Å². The van der Waals surface area contributed by atoms with E-state index in [4.69, 9.17) is 4.74 Å². The second-order valence-corrected chi connectivity index (χ2v) is 7.12. The fourth-order valence-electron chi connectivity index (χ4n) is 2.77. The molecule has 0 unspecified atom stereocenters. The number of esters is 1. The van der Waals surface area contributed by atoms with E-state index in [1.54, 1.807) is 24.4 Å². The smallest absolute Gasteiger partial charge is 0.326 e. The monoisotopic (exact) mass is 352 g/mol. The Morgan fingerprint density at radius 3 is 2.75 bits per heavy atom. The largest absolute Gasteiger partial charge is 0.451 e. The number of carbonyl (C=O) groups is 3. The summed E-state index contributed by atoms with van der Waals surface area (Å²) in [5.74, 6) is -0.795. The molecule has 1 fully saturated rings. The maximum atomic E-state index is 12.1. The quantitative estimate of drug-likeness (QED) is 0.768. The predicted molar refractivity (Wildman–Crippen MR) is 91.8 cm³/mol. The molecule has 0 aromatic carbocycles. The summed E-state index contributed by atoms with van der Waals surface area (Å²) < 4.78 is 5.09. The first-order valence-electron chi connectivity index (χ1n) is 8.29. The van der Waals surface area contributed by atoms with E-state index in [0.29, 0.717) is 10.8 Å². The van der Waals surface area contributed by atoms with Crippen molar-refractivity contribution in [2.45, 2.75) is 51.7 Å². The zero-order chi connectivity index (χ0) is 17.5. The van der Waals surface area contributed by atoms with Crippen LogP contribution in [0.5, 0.6) is 0 Å². The van der Waals surface area contributed by atoms with E-state index in [1.807, 2.05) is 0 Å². The van der Waals surface area contributed by atoms with Crippen LogP contribution < -0.4 is 10.6 Å². The van der Waals surface area contributed by atoms with Crippen molar-refractivity contribution in [3.8, 4) is 0 Å². The van der Waals surface area contributed by atoms with E-state index < -0.39 is 12.1 Å². The molecule has 1 saturated carbocycles. The minimum atomic E-state index is -0.870. The molecule has 3 atom stereocenters. The molecule has 0 aliphatic heterocycles. The highest BCUT2D eigenvalue weighted by atomic mass is 32.1. The number of carbonyl (C=O) groups excluding carboxylic acids is 3. The van der Waals surface area contributed by atoms with Crippen LogP contribution >= 0.6 is 11.3 Å². The van der Waals surface area contributed by atoms with Crippen LogP contribution in [0.25, 0.3) is 0 Å². The van der Waals surface area contributed by atoms with Crippen LogP contribution in [0.2, 0.25) is 0 Å². The average Bonchev–Trinajstić information content (AvgIpc) is 3.09. The number of hydrogen-bond acceptors (Lipinski definition) is 5. The normalized spacial score (nSPS) is 21.6. The maximum absolute atomic E-state index is 12.1. The van der Waals surface area contributed by atoms with Gasteiger partial charge in [0.2, 0.25) is 0 Å². The lowest BCUT2D eigenvalue weighted by atomic mass is 9.86. The van der Waals surface area contributed by atoms with E-state index in [9.17, 15) is 14.4 Å². The van der Waals surface area contributed by atoms with Gasteiger partial charge in [0.05, 0.1) is 4.88 Å². The number of nitrogens with one attached hydrogen (secondary N) is 2. The standard InChI is InChI=1S/C17H24N2O4S/c1-11-6-3-4-7-13(11)19-16(21)12(2)23-15(20)10-18-17(22)14-8-5-9-24-14/h5,8-9,11-13H,3-4,6-7,10H2,1-2H3,(H,18,22)(H,19,21)/t11-,12-,13-/m1/s1. The highest BCUT2D eigenvalue weighted by Gasteiger charge is 2.26. The molecule has 0 radical (unpaired) electrons. The van der Waals surface area contributed by atoms with Gasteiger partial charge in [-0.3, -0.25) is 14.4 Å². The van der Waals surface area contributed by atoms with E-state index in [2.05, 4.69) is 17.6 Å². The van der Waals surface area contributed by atoms with Crippen LogP contribution in [0.15, 0.2) is 17.5 Å². The van der Waals surface area contributed by atoms with Crippen molar-refractivity contribution < 1.29 is 19.1 Å². The van der Waals surface area contributed by atoms with Gasteiger partial charge >= 0.3 is 5.97 Å². The third-order valence-corrected chi connectivity index (χ3v) is 5.12. The van der Waals surface area contributed by atoms with Crippen LogP contribution in [-0.2, 0) is 14.3 Å². The summed E-state index contributed by atoms with van der Waals surface area (Å²) in [7, 11) is 0. The molecule has 0 saturated heterocycles. The molecule has 2 N–H and O–H groups in total. The molecule has 0 spiro atoms. The summed E-state index contributed by atoms with van der Waals surface area (Å²) in [6.45, 7) is 3.41. The summed E-state index contributed by atoms with van der Waals surface area (Å²) in [6, 6.07) is 3.58. The zero-order valence-electron chi connectivity index (χ0n) is 14.0.